The molecule has 1 aliphatic rings. The second kappa shape index (κ2) is 5.39. The highest BCUT2D eigenvalue weighted by molar-refractivity contribution is 5.73. The second-order valence-electron chi connectivity index (χ2n) is 6.98. The lowest BCUT2D eigenvalue weighted by Gasteiger charge is -2.40. The van der Waals surface area contributed by atoms with E-state index < -0.39 is 17.0 Å². The Kier molecular flexibility index (Phi) is 4.48. The Morgan fingerprint density at radius 2 is 1.74 bits per heavy atom. The number of carboxylic acid groups (broad SMARTS) is 1. The van der Waals surface area contributed by atoms with Gasteiger partial charge in [0.1, 0.15) is 5.60 Å². The Labute approximate surface area is 114 Å². The van der Waals surface area contributed by atoms with Crippen LogP contribution in [-0.4, -0.2) is 40.8 Å². The summed E-state index contributed by atoms with van der Waals surface area (Å²) in [5.74, 6) is -0.373. The molecule has 0 aromatic rings. The summed E-state index contributed by atoms with van der Waals surface area (Å²) >= 11 is 0. The summed E-state index contributed by atoms with van der Waals surface area (Å²) in [5.41, 5.74) is -1.15. The molecule has 0 aliphatic carbocycles. The molecule has 1 amide bonds. The van der Waals surface area contributed by atoms with E-state index in [1.54, 1.807) is 18.7 Å². The van der Waals surface area contributed by atoms with Crippen molar-refractivity contribution < 1.29 is 19.4 Å². The smallest absolute Gasteiger partial charge is 0.410 e. The number of aliphatic carboxylic acids is 1. The largest absolute Gasteiger partial charge is 0.481 e. The van der Waals surface area contributed by atoms with Crippen LogP contribution in [0.4, 0.5) is 4.79 Å². The number of rotatable bonds is 4. The third-order valence-corrected chi connectivity index (χ3v) is 3.37. The molecule has 0 unspecified atom stereocenters. The quantitative estimate of drug-likeness (QED) is 0.853. The van der Waals surface area contributed by atoms with Crippen LogP contribution in [0.1, 0.15) is 47.5 Å². The Morgan fingerprint density at radius 3 is 2.16 bits per heavy atom. The third kappa shape index (κ3) is 4.73. The molecule has 0 atom stereocenters. The van der Waals surface area contributed by atoms with Crippen molar-refractivity contribution in [2.45, 2.75) is 53.1 Å². The van der Waals surface area contributed by atoms with E-state index in [1.807, 2.05) is 20.8 Å². The molecule has 0 bridgehead atoms. The molecule has 1 heterocycles. The monoisotopic (exact) mass is 271 g/mol. The Bertz CT molecular complexity index is 351. The van der Waals surface area contributed by atoms with Crippen molar-refractivity contribution in [3.63, 3.8) is 0 Å². The third-order valence-electron chi connectivity index (χ3n) is 3.37. The van der Waals surface area contributed by atoms with Gasteiger partial charge < -0.3 is 14.7 Å². The van der Waals surface area contributed by atoms with Crippen LogP contribution >= 0.6 is 0 Å². The van der Waals surface area contributed by atoms with Gasteiger partial charge in [0, 0.05) is 13.1 Å². The molecule has 0 radical (unpaired) electrons. The van der Waals surface area contributed by atoms with E-state index in [-0.39, 0.29) is 6.09 Å². The predicted octanol–water partition coefficient (Wildman–Crippen LogP) is 2.74. The van der Waals surface area contributed by atoms with Gasteiger partial charge in [0.15, 0.2) is 0 Å². The van der Waals surface area contributed by atoms with Crippen LogP contribution in [0.25, 0.3) is 0 Å². The topological polar surface area (TPSA) is 66.8 Å². The molecule has 1 N–H and O–H groups in total. The molecule has 5 heteroatoms. The van der Waals surface area contributed by atoms with Gasteiger partial charge in [-0.05, 0) is 53.4 Å². The molecule has 1 fully saturated rings. The van der Waals surface area contributed by atoms with Crippen LogP contribution in [-0.2, 0) is 9.53 Å². The highest BCUT2D eigenvalue weighted by Crippen LogP contribution is 2.29. The summed E-state index contributed by atoms with van der Waals surface area (Å²) in [4.78, 5) is 24.4. The second-order valence-corrected chi connectivity index (χ2v) is 6.98. The number of hydrogen-bond acceptors (Lipinski definition) is 3. The number of ether oxygens (including phenoxy) is 1. The fraction of sp³-hybridized carbons (Fsp3) is 0.857. The number of nitrogens with zero attached hydrogens (tertiary/aromatic N) is 1. The zero-order valence-corrected chi connectivity index (χ0v) is 12.5. The first kappa shape index (κ1) is 15.8. The van der Waals surface area contributed by atoms with Gasteiger partial charge in [-0.2, -0.15) is 0 Å². The first-order valence-corrected chi connectivity index (χ1v) is 6.72. The molecule has 5 nitrogen and oxygen atoms in total. The van der Waals surface area contributed by atoms with Crippen LogP contribution < -0.4 is 0 Å². The Balaban J connectivity index is 2.28. The van der Waals surface area contributed by atoms with Crippen molar-refractivity contribution >= 4 is 12.1 Å². The Hall–Kier alpha value is -1.26. The summed E-state index contributed by atoms with van der Waals surface area (Å²) in [6.07, 6.45) is 1.19. The van der Waals surface area contributed by atoms with Gasteiger partial charge in [0.05, 0.1) is 5.41 Å². The van der Waals surface area contributed by atoms with E-state index in [0.29, 0.717) is 25.4 Å². The molecule has 1 saturated heterocycles. The van der Waals surface area contributed by atoms with Gasteiger partial charge in [-0.25, -0.2) is 4.79 Å². The summed E-state index contributed by atoms with van der Waals surface area (Å²) in [5, 5.41) is 9.03. The molecular formula is C14H25NO4. The van der Waals surface area contributed by atoms with Crippen LogP contribution in [0.2, 0.25) is 0 Å². The maximum atomic E-state index is 11.7. The number of carbonyl (C=O) groups excluding carboxylic acids is 1. The number of hydrogen-bond donors (Lipinski definition) is 1. The van der Waals surface area contributed by atoms with Crippen molar-refractivity contribution in [2.24, 2.45) is 11.3 Å². The molecule has 1 aliphatic heterocycles. The van der Waals surface area contributed by atoms with Crippen molar-refractivity contribution in [1.82, 2.24) is 4.90 Å². The number of amides is 1. The van der Waals surface area contributed by atoms with Crippen molar-refractivity contribution in [1.29, 1.82) is 0 Å². The zero-order chi connectivity index (χ0) is 14.8. The highest BCUT2D eigenvalue weighted by Gasteiger charge is 2.35. The molecule has 0 aromatic carbocycles. The number of carbonyl (C=O) groups is 2. The molecule has 110 valence electrons. The Morgan fingerprint density at radius 1 is 1.21 bits per heavy atom. The van der Waals surface area contributed by atoms with Crippen LogP contribution in [0.15, 0.2) is 0 Å². The minimum atomic E-state index is -0.768. The van der Waals surface area contributed by atoms with Gasteiger partial charge in [0.2, 0.25) is 0 Å². The molecule has 0 spiro atoms. The molecule has 0 saturated carbocycles. The molecule has 1 rings (SSSR count). The molecule has 19 heavy (non-hydrogen) atoms. The van der Waals surface area contributed by atoms with E-state index >= 15 is 0 Å². The lowest BCUT2D eigenvalue weighted by Crippen LogP contribution is -2.51. The van der Waals surface area contributed by atoms with E-state index in [2.05, 4.69) is 0 Å². The van der Waals surface area contributed by atoms with Gasteiger partial charge in [-0.3, -0.25) is 4.79 Å². The van der Waals surface area contributed by atoms with Crippen LogP contribution in [0, 0.1) is 11.3 Å². The first-order valence-electron chi connectivity index (χ1n) is 6.72. The maximum absolute atomic E-state index is 11.7. The standard InChI is InChI=1S/C14H25NO4/c1-13(2,3)19-12(18)15-8-10(9-15)6-7-14(4,5)11(16)17/h10H,6-9H2,1-5H3,(H,16,17). The van der Waals surface area contributed by atoms with Crippen molar-refractivity contribution in [3.05, 3.63) is 0 Å². The number of likely N-dealkylation sites (tertiary alicyclic amines) is 1. The van der Waals surface area contributed by atoms with E-state index in [9.17, 15) is 9.59 Å². The fourth-order valence-electron chi connectivity index (χ4n) is 1.90. The van der Waals surface area contributed by atoms with E-state index in [4.69, 9.17) is 9.84 Å². The van der Waals surface area contributed by atoms with Crippen LogP contribution in [0.5, 0.6) is 0 Å². The summed E-state index contributed by atoms with van der Waals surface area (Å²) in [6, 6.07) is 0. The molecule has 0 aromatic heterocycles. The minimum Gasteiger partial charge on any atom is -0.481 e. The van der Waals surface area contributed by atoms with E-state index in [0.717, 1.165) is 6.42 Å². The normalized spacial score (nSPS) is 17.0. The fourth-order valence-corrected chi connectivity index (χ4v) is 1.90. The van der Waals surface area contributed by atoms with Gasteiger partial charge in [-0.1, -0.05) is 0 Å². The van der Waals surface area contributed by atoms with Gasteiger partial charge in [-0.15, -0.1) is 0 Å². The average molecular weight is 271 g/mol. The average Bonchev–Trinajstić information content (AvgIpc) is 2.11. The lowest BCUT2D eigenvalue weighted by atomic mass is 9.83. The maximum Gasteiger partial charge on any atom is 0.410 e. The van der Waals surface area contributed by atoms with Crippen molar-refractivity contribution in [3.8, 4) is 0 Å². The zero-order valence-electron chi connectivity index (χ0n) is 12.5. The minimum absolute atomic E-state index is 0.277. The lowest BCUT2D eigenvalue weighted by molar-refractivity contribution is -0.147. The predicted molar refractivity (Wildman–Crippen MR) is 71.9 cm³/mol. The summed E-state index contributed by atoms with van der Waals surface area (Å²) in [6.45, 7) is 10.3. The van der Waals surface area contributed by atoms with Crippen LogP contribution in [0.3, 0.4) is 0 Å². The summed E-state index contributed by atoms with van der Waals surface area (Å²) < 4.78 is 5.27. The van der Waals surface area contributed by atoms with Gasteiger partial charge >= 0.3 is 12.1 Å². The first-order chi connectivity index (χ1) is 8.51. The van der Waals surface area contributed by atoms with Gasteiger partial charge in [0.25, 0.3) is 0 Å². The number of carboxylic acids is 1. The SMILES string of the molecule is CC(C)(C)OC(=O)N1CC(CCC(C)(C)C(=O)O)C1. The molecular weight excluding hydrogens is 246 g/mol. The highest BCUT2D eigenvalue weighted by atomic mass is 16.6. The van der Waals surface area contributed by atoms with Crippen molar-refractivity contribution in [2.75, 3.05) is 13.1 Å². The van der Waals surface area contributed by atoms with E-state index in [1.165, 1.54) is 0 Å². The summed E-state index contributed by atoms with van der Waals surface area (Å²) in [7, 11) is 0.